The summed E-state index contributed by atoms with van der Waals surface area (Å²) >= 11 is 0. The van der Waals surface area contributed by atoms with Gasteiger partial charge < -0.3 is 14.6 Å². The highest BCUT2D eigenvalue weighted by Crippen LogP contribution is 2.23. The zero-order chi connectivity index (χ0) is 17.9. The van der Waals surface area contributed by atoms with Crippen LogP contribution in [0.2, 0.25) is 0 Å². The average Bonchev–Trinajstić information content (AvgIpc) is 3.41. The monoisotopic (exact) mass is 350 g/mol. The van der Waals surface area contributed by atoms with Gasteiger partial charge in [-0.3, -0.25) is 4.79 Å². The van der Waals surface area contributed by atoms with E-state index in [1.54, 1.807) is 0 Å². The Morgan fingerprint density at radius 2 is 2.00 bits per heavy atom. The Balaban J connectivity index is 1.71. The Labute approximate surface area is 152 Å². The maximum absolute atomic E-state index is 12.9. The van der Waals surface area contributed by atoms with Crippen LogP contribution in [0.4, 0.5) is 0 Å². The van der Waals surface area contributed by atoms with Crippen LogP contribution in [0.25, 0.3) is 11.5 Å². The molecule has 1 N–H and O–H groups in total. The van der Waals surface area contributed by atoms with Crippen molar-refractivity contribution in [2.45, 2.75) is 25.9 Å². The summed E-state index contributed by atoms with van der Waals surface area (Å²) in [5, 5.41) is 7.66. The summed E-state index contributed by atoms with van der Waals surface area (Å²) in [5.41, 5.74) is 2.20. The SMILES string of the molecule is Cc1nn(-c2ccccc2)c(-n2cccc2)c1C(=O)NCC1CCCO1. The smallest absolute Gasteiger partial charge is 0.257 e. The van der Waals surface area contributed by atoms with Gasteiger partial charge in [-0.15, -0.1) is 0 Å². The highest BCUT2D eigenvalue weighted by atomic mass is 16.5. The number of hydrogen-bond donors (Lipinski definition) is 1. The number of nitrogens with one attached hydrogen (secondary N) is 1. The summed E-state index contributed by atoms with van der Waals surface area (Å²) in [7, 11) is 0. The molecule has 1 aromatic carbocycles. The summed E-state index contributed by atoms with van der Waals surface area (Å²) in [5.74, 6) is 0.618. The molecule has 134 valence electrons. The number of rotatable bonds is 5. The first-order valence-corrected chi connectivity index (χ1v) is 8.92. The molecule has 0 spiro atoms. The predicted octanol–water partition coefficient (Wildman–Crippen LogP) is 2.88. The lowest BCUT2D eigenvalue weighted by molar-refractivity contribution is 0.0857. The normalized spacial score (nSPS) is 16.7. The molecule has 6 nitrogen and oxygen atoms in total. The zero-order valence-electron chi connectivity index (χ0n) is 14.8. The number of carbonyl (C=O) groups is 1. The molecule has 3 heterocycles. The fourth-order valence-electron chi connectivity index (χ4n) is 3.34. The lowest BCUT2D eigenvalue weighted by atomic mass is 10.2. The molecule has 1 saturated heterocycles. The van der Waals surface area contributed by atoms with Crippen LogP contribution in [0.15, 0.2) is 54.9 Å². The van der Waals surface area contributed by atoms with Crippen molar-refractivity contribution in [2.75, 3.05) is 13.2 Å². The Kier molecular flexibility index (Phi) is 4.58. The van der Waals surface area contributed by atoms with Crippen molar-refractivity contribution in [3.05, 3.63) is 66.1 Å². The Hall–Kier alpha value is -2.86. The van der Waals surface area contributed by atoms with Crippen molar-refractivity contribution in [2.24, 2.45) is 0 Å². The third-order valence-electron chi connectivity index (χ3n) is 4.63. The van der Waals surface area contributed by atoms with E-state index in [0.29, 0.717) is 17.8 Å². The van der Waals surface area contributed by atoms with Crippen molar-refractivity contribution in [1.29, 1.82) is 0 Å². The molecule has 0 aliphatic carbocycles. The molecule has 3 aromatic rings. The molecular formula is C20H22N4O2. The minimum absolute atomic E-state index is 0.110. The summed E-state index contributed by atoms with van der Waals surface area (Å²) in [4.78, 5) is 12.9. The van der Waals surface area contributed by atoms with Gasteiger partial charge in [0.05, 0.1) is 17.5 Å². The number of aromatic nitrogens is 3. The predicted molar refractivity (Wildman–Crippen MR) is 98.9 cm³/mol. The van der Waals surface area contributed by atoms with E-state index in [1.807, 2.05) is 71.0 Å². The highest BCUT2D eigenvalue weighted by Gasteiger charge is 2.24. The number of aryl methyl sites for hydroxylation is 1. The first kappa shape index (κ1) is 16.6. The molecule has 1 unspecified atom stereocenters. The number of carbonyl (C=O) groups excluding carboxylic acids is 1. The Bertz CT molecular complexity index is 878. The third-order valence-corrected chi connectivity index (χ3v) is 4.63. The van der Waals surface area contributed by atoms with Gasteiger partial charge in [-0.25, -0.2) is 4.68 Å². The topological polar surface area (TPSA) is 61.1 Å². The summed E-state index contributed by atoms with van der Waals surface area (Å²) in [6, 6.07) is 13.7. The number of ether oxygens (including phenoxy) is 1. The Morgan fingerprint density at radius 3 is 2.69 bits per heavy atom. The van der Waals surface area contributed by atoms with E-state index >= 15 is 0 Å². The fourth-order valence-corrected chi connectivity index (χ4v) is 3.34. The van der Waals surface area contributed by atoms with Crippen LogP contribution in [-0.4, -0.2) is 39.5 Å². The second-order valence-electron chi connectivity index (χ2n) is 6.47. The molecule has 1 fully saturated rings. The van der Waals surface area contributed by atoms with Crippen molar-refractivity contribution in [3.63, 3.8) is 0 Å². The van der Waals surface area contributed by atoms with Gasteiger partial charge in [-0.2, -0.15) is 5.10 Å². The van der Waals surface area contributed by atoms with Crippen LogP contribution in [0.1, 0.15) is 28.9 Å². The van der Waals surface area contributed by atoms with Crippen LogP contribution in [0.3, 0.4) is 0 Å². The van der Waals surface area contributed by atoms with Crippen molar-refractivity contribution in [1.82, 2.24) is 19.7 Å². The highest BCUT2D eigenvalue weighted by molar-refractivity contribution is 5.98. The largest absolute Gasteiger partial charge is 0.376 e. The number of benzene rings is 1. The van der Waals surface area contributed by atoms with Gasteiger partial charge in [-0.05, 0) is 44.0 Å². The maximum atomic E-state index is 12.9. The van der Waals surface area contributed by atoms with Crippen molar-refractivity contribution < 1.29 is 9.53 Å². The molecule has 1 aliphatic heterocycles. The average molecular weight is 350 g/mol. The molecule has 4 rings (SSSR count). The standard InChI is InChI=1S/C20H22N4O2/c1-15-18(19(25)21-14-17-10-7-13-26-17)20(23-11-5-6-12-23)24(22-15)16-8-3-2-4-9-16/h2-6,8-9,11-12,17H,7,10,13-14H2,1H3,(H,21,25). The zero-order valence-corrected chi connectivity index (χ0v) is 14.8. The maximum Gasteiger partial charge on any atom is 0.257 e. The lowest BCUT2D eigenvalue weighted by Gasteiger charge is -2.13. The summed E-state index contributed by atoms with van der Waals surface area (Å²) in [6.45, 7) is 3.17. The van der Waals surface area contributed by atoms with E-state index in [4.69, 9.17) is 4.74 Å². The minimum Gasteiger partial charge on any atom is -0.376 e. The third kappa shape index (κ3) is 3.15. The number of nitrogens with zero attached hydrogens (tertiary/aromatic N) is 3. The quantitative estimate of drug-likeness (QED) is 0.770. The first-order valence-electron chi connectivity index (χ1n) is 8.92. The van der Waals surface area contributed by atoms with Crippen LogP contribution < -0.4 is 5.32 Å². The molecule has 2 aromatic heterocycles. The molecule has 26 heavy (non-hydrogen) atoms. The molecular weight excluding hydrogens is 328 g/mol. The summed E-state index contributed by atoms with van der Waals surface area (Å²) in [6.07, 6.45) is 6.01. The lowest BCUT2D eigenvalue weighted by Crippen LogP contribution is -2.32. The van der Waals surface area contributed by atoms with E-state index in [2.05, 4.69) is 10.4 Å². The first-order chi connectivity index (χ1) is 12.7. The number of amides is 1. The summed E-state index contributed by atoms with van der Waals surface area (Å²) < 4.78 is 9.35. The minimum atomic E-state index is -0.121. The second kappa shape index (κ2) is 7.17. The van der Waals surface area contributed by atoms with Crippen LogP contribution in [0.5, 0.6) is 0 Å². The van der Waals surface area contributed by atoms with Gasteiger partial charge in [0.25, 0.3) is 5.91 Å². The van der Waals surface area contributed by atoms with E-state index < -0.39 is 0 Å². The van der Waals surface area contributed by atoms with E-state index in [0.717, 1.165) is 31.0 Å². The van der Waals surface area contributed by atoms with Gasteiger partial charge >= 0.3 is 0 Å². The van der Waals surface area contributed by atoms with Gasteiger partial charge in [0.2, 0.25) is 0 Å². The van der Waals surface area contributed by atoms with Gasteiger partial charge in [-0.1, -0.05) is 18.2 Å². The molecule has 0 saturated carbocycles. The van der Waals surface area contributed by atoms with E-state index in [9.17, 15) is 4.79 Å². The van der Waals surface area contributed by atoms with Crippen LogP contribution in [-0.2, 0) is 4.74 Å². The molecule has 1 amide bonds. The fraction of sp³-hybridized carbons (Fsp3) is 0.300. The van der Waals surface area contributed by atoms with Gasteiger partial charge in [0, 0.05) is 25.5 Å². The molecule has 0 radical (unpaired) electrons. The molecule has 1 aliphatic rings. The van der Waals surface area contributed by atoms with E-state index in [1.165, 1.54) is 0 Å². The Morgan fingerprint density at radius 1 is 1.23 bits per heavy atom. The molecule has 6 heteroatoms. The number of para-hydroxylation sites is 1. The number of hydrogen-bond acceptors (Lipinski definition) is 3. The van der Waals surface area contributed by atoms with Crippen molar-refractivity contribution >= 4 is 5.91 Å². The van der Waals surface area contributed by atoms with Crippen LogP contribution >= 0.6 is 0 Å². The van der Waals surface area contributed by atoms with Crippen molar-refractivity contribution in [3.8, 4) is 11.5 Å². The molecule has 1 atom stereocenters. The van der Waals surface area contributed by atoms with E-state index in [-0.39, 0.29) is 12.0 Å². The second-order valence-corrected chi connectivity index (χ2v) is 6.47. The molecule has 0 bridgehead atoms. The van der Waals surface area contributed by atoms with Crippen LogP contribution in [0, 0.1) is 6.92 Å². The van der Waals surface area contributed by atoms with Gasteiger partial charge in [0.15, 0.2) is 5.82 Å². The van der Waals surface area contributed by atoms with Gasteiger partial charge in [0.1, 0.15) is 5.56 Å².